The Morgan fingerprint density at radius 1 is 1.37 bits per heavy atom. The second-order valence-corrected chi connectivity index (χ2v) is 7.36. The quantitative estimate of drug-likeness (QED) is 0.845. The lowest BCUT2D eigenvalue weighted by atomic mass is 9.84. The minimum Gasteiger partial charge on any atom is -0.503 e. The van der Waals surface area contributed by atoms with E-state index >= 15 is 0 Å². The molecule has 1 aromatic heterocycles. The SMILES string of the molecule is COc1ccnc(C(=O)NC2CC(C)O[C@](C)(Cc3ccccc3)C2)c1O. The number of pyridine rings is 1. The number of hydrogen-bond donors (Lipinski definition) is 2. The molecule has 1 aliphatic heterocycles. The molecule has 2 N–H and O–H groups in total. The Hall–Kier alpha value is -2.60. The molecule has 0 saturated carbocycles. The molecule has 0 bridgehead atoms. The van der Waals surface area contributed by atoms with E-state index in [4.69, 9.17) is 9.47 Å². The number of aromatic nitrogens is 1. The van der Waals surface area contributed by atoms with Crippen molar-refractivity contribution in [3.05, 3.63) is 53.9 Å². The first kappa shape index (κ1) is 19.2. The maximum Gasteiger partial charge on any atom is 0.274 e. The fourth-order valence-corrected chi connectivity index (χ4v) is 3.86. The highest BCUT2D eigenvalue weighted by Gasteiger charge is 2.37. The Morgan fingerprint density at radius 3 is 2.81 bits per heavy atom. The summed E-state index contributed by atoms with van der Waals surface area (Å²) in [4.78, 5) is 16.7. The van der Waals surface area contributed by atoms with Crippen LogP contribution in [-0.4, -0.2) is 40.9 Å². The van der Waals surface area contributed by atoms with Crippen molar-refractivity contribution in [2.75, 3.05) is 7.11 Å². The van der Waals surface area contributed by atoms with E-state index in [1.807, 2.05) is 25.1 Å². The lowest BCUT2D eigenvalue weighted by molar-refractivity contribution is -0.118. The third-order valence-electron chi connectivity index (χ3n) is 4.86. The minimum absolute atomic E-state index is 0.0182. The molecule has 3 rings (SSSR count). The maximum atomic E-state index is 12.6. The van der Waals surface area contributed by atoms with Crippen LogP contribution in [0.4, 0.5) is 0 Å². The summed E-state index contributed by atoms with van der Waals surface area (Å²) in [6.07, 6.45) is 3.63. The van der Waals surface area contributed by atoms with Gasteiger partial charge in [-0.05, 0) is 32.3 Å². The molecular weight excluding hydrogens is 344 g/mol. The van der Waals surface area contributed by atoms with Gasteiger partial charge < -0.3 is 19.9 Å². The summed E-state index contributed by atoms with van der Waals surface area (Å²) >= 11 is 0. The van der Waals surface area contributed by atoms with Crippen LogP contribution < -0.4 is 10.1 Å². The number of nitrogens with zero attached hydrogens (tertiary/aromatic N) is 1. The van der Waals surface area contributed by atoms with Crippen LogP contribution in [0.25, 0.3) is 0 Å². The van der Waals surface area contributed by atoms with Crippen molar-refractivity contribution in [2.24, 2.45) is 0 Å². The summed E-state index contributed by atoms with van der Waals surface area (Å²) in [7, 11) is 1.44. The van der Waals surface area contributed by atoms with Crippen molar-refractivity contribution in [3.63, 3.8) is 0 Å². The molecule has 6 nitrogen and oxygen atoms in total. The molecule has 1 aromatic carbocycles. The molecule has 3 atom stereocenters. The average molecular weight is 370 g/mol. The summed E-state index contributed by atoms with van der Waals surface area (Å²) in [5, 5.41) is 13.2. The Morgan fingerprint density at radius 2 is 2.11 bits per heavy atom. The predicted octanol–water partition coefficient (Wildman–Crippen LogP) is 3.09. The Kier molecular flexibility index (Phi) is 5.65. The van der Waals surface area contributed by atoms with Crippen LogP contribution >= 0.6 is 0 Å². The molecule has 1 aliphatic rings. The number of carbonyl (C=O) groups is 1. The smallest absolute Gasteiger partial charge is 0.274 e. The van der Waals surface area contributed by atoms with Crippen molar-refractivity contribution in [1.29, 1.82) is 0 Å². The number of amides is 1. The van der Waals surface area contributed by atoms with Gasteiger partial charge in [0.2, 0.25) is 0 Å². The van der Waals surface area contributed by atoms with Gasteiger partial charge in [0, 0.05) is 24.7 Å². The molecule has 1 saturated heterocycles. The zero-order valence-corrected chi connectivity index (χ0v) is 15.9. The summed E-state index contributed by atoms with van der Waals surface area (Å²) in [5.41, 5.74) is 0.797. The third kappa shape index (κ3) is 4.57. The highest BCUT2D eigenvalue weighted by atomic mass is 16.5. The molecule has 0 aliphatic carbocycles. The van der Waals surface area contributed by atoms with E-state index in [1.165, 1.54) is 24.9 Å². The fourth-order valence-electron chi connectivity index (χ4n) is 3.86. The van der Waals surface area contributed by atoms with Gasteiger partial charge in [0.15, 0.2) is 17.2 Å². The maximum absolute atomic E-state index is 12.6. The fraction of sp³-hybridized carbons (Fsp3) is 0.429. The first-order valence-electron chi connectivity index (χ1n) is 9.15. The molecule has 2 unspecified atom stereocenters. The van der Waals surface area contributed by atoms with Crippen molar-refractivity contribution >= 4 is 5.91 Å². The molecule has 2 aromatic rings. The first-order chi connectivity index (χ1) is 12.9. The number of nitrogens with one attached hydrogen (secondary N) is 1. The Balaban J connectivity index is 1.72. The molecular formula is C21H26N2O4. The van der Waals surface area contributed by atoms with E-state index in [1.54, 1.807) is 0 Å². The topological polar surface area (TPSA) is 80.7 Å². The van der Waals surface area contributed by atoms with Gasteiger partial charge in [-0.1, -0.05) is 30.3 Å². The van der Waals surface area contributed by atoms with E-state index in [-0.39, 0.29) is 34.9 Å². The van der Waals surface area contributed by atoms with Crippen molar-refractivity contribution in [3.8, 4) is 11.5 Å². The third-order valence-corrected chi connectivity index (χ3v) is 4.86. The monoisotopic (exact) mass is 370 g/mol. The Bertz CT molecular complexity index is 796. The van der Waals surface area contributed by atoms with Gasteiger partial charge in [0.05, 0.1) is 18.8 Å². The van der Waals surface area contributed by atoms with Crippen LogP contribution in [0.2, 0.25) is 0 Å². The number of aromatic hydroxyl groups is 1. The van der Waals surface area contributed by atoms with Crippen LogP contribution in [0.1, 0.15) is 42.7 Å². The normalized spacial score (nSPS) is 25.0. The van der Waals surface area contributed by atoms with Crippen LogP contribution in [0.15, 0.2) is 42.6 Å². The second kappa shape index (κ2) is 7.96. The second-order valence-electron chi connectivity index (χ2n) is 7.36. The van der Waals surface area contributed by atoms with Gasteiger partial charge in [0.1, 0.15) is 0 Å². The summed E-state index contributed by atoms with van der Waals surface area (Å²) in [5.74, 6) is -0.429. The van der Waals surface area contributed by atoms with Gasteiger partial charge >= 0.3 is 0 Å². The summed E-state index contributed by atoms with van der Waals surface area (Å²) in [6.45, 7) is 4.10. The van der Waals surface area contributed by atoms with Crippen LogP contribution in [0.3, 0.4) is 0 Å². The standard InChI is InChI=1S/C21H26N2O4/c1-14-11-16(13-21(2,27-14)12-15-7-5-4-6-8-15)23-20(25)18-19(24)17(26-3)9-10-22-18/h4-10,14,16,24H,11-13H2,1-3H3,(H,23,25)/t14?,16?,21-/m1/s1. The largest absolute Gasteiger partial charge is 0.503 e. The highest BCUT2D eigenvalue weighted by molar-refractivity contribution is 5.95. The van der Waals surface area contributed by atoms with Gasteiger partial charge in [0.25, 0.3) is 5.91 Å². The van der Waals surface area contributed by atoms with E-state index in [9.17, 15) is 9.90 Å². The number of carbonyl (C=O) groups excluding carboxylic acids is 1. The number of ether oxygens (including phenoxy) is 2. The average Bonchev–Trinajstić information content (AvgIpc) is 2.61. The van der Waals surface area contributed by atoms with Crippen LogP contribution in [-0.2, 0) is 11.2 Å². The number of rotatable bonds is 5. The molecule has 0 spiro atoms. The van der Waals surface area contributed by atoms with E-state index in [2.05, 4.69) is 29.4 Å². The van der Waals surface area contributed by atoms with Crippen molar-refractivity contribution in [1.82, 2.24) is 10.3 Å². The highest BCUT2D eigenvalue weighted by Crippen LogP contribution is 2.33. The van der Waals surface area contributed by atoms with Gasteiger partial charge in [-0.3, -0.25) is 4.79 Å². The van der Waals surface area contributed by atoms with Crippen molar-refractivity contribution in [2.45, 2.75) is 50.9 Å². The molecule has 1 fully saturated rings. The summed E-state index contributed by atoms with van der Waals surface area (Å²) in [6, 6.07) is 11.6. The molecule has 144 valence electrons. The van der Waals surface area contributed by atoms with Gasteiger partial charge in [-0.2, -0.15) is 0 Å². The van der Waals surface area contributed by atoms with Crippen LogP contribution in [0, 0.1) is 0 Å². The molecule has 2 heterocycles. The lowest BCUT2D eigenvalue weighted by Gasteiger charge is -2.42. The summed E-state index contributed by atoms with van der Waals surface area (Å²) < 4.78 is 11.3. The van der Waals surface area contributed by atoms with Gasteiger partial charge in [-0.15, -0.1) is 0 Å². The first-order valence-corrected chi connectivity index (χ1v) is 9.15. The minimum atomic E-state index is -0.410. The number of methoxy groups -OCH3 is 1. The molecule has 27 heavy (non-hydrogen) atoms. The lowest BCUT2D eigenvalue weighted by Crippen LogP contribution is -2.50. The zero-order valence-electron chi connectivity index (χ0n) is 15.9. The van der Waals surface area contributed by atoms with Gasteiger partial charge in [-0.25, -0.2) is 4.98 Å². The number of hydrogen-bond acceptors (Lipinski definition) is 5. The van der Waals surface area contributed by atoms with Crippen molar-refractivity contribution < 1.29 is 19.4 Å². The van der Waals surface area contributed by atoms with E-state index in [0.717, 1.165) is 6.42 Å². The molecule has 0 radical (unpaired) electrons. The van der Waals surface area contributed by atoms with Crippen LogP contribution in [0.5, 0.6) is 11.5 Å². The predicted molar refractivity (Wildman–Crippen MR) is 102 cm³/mol. The Labute approximate surface area is 159 Å². The zero-order chi connectivity index (χ0) is 19.4. The van der Waals surface area contributed by atoms with E-state index in [0.29, 0.717) is 12.8 Å². The van der Waals surface area contributed by atoms with E-state index < -0.39 is 5.91 Å². The molecule has 1 amide bonds. The molecule has 6 heteroatoms. The number of benzene rings is 1.